The molecule has 0 aromatic heterocycles. The van der Waals surface area contributed by atoms with E-state index < -0.39 is 0 Å². The average Bonchev–Trinajstić information content (AvgIpc) is 2.36. The molecule has 0 radical (unpaired) electrons. The molecule has 0 aliphatic carbocycles. The van der Waals surface area contributed by atoms with Crippen LogP contribution >= 0.6 is 12.4 Å². The van der Waals surface area contributed by atoms with Crippen molar-refractivity contribution in [1.82, 2.24) is 10.2 Å². The van der Waals surface area contributed by atoms with Gasteiger partial charge in [0, 0.05) is 38.8 Å². The number of ether oxygens (including phenoxy) is 1. The highest BCUT2D eigenvalue weighted by Crippen LogP contribution is 2.25. The Kier molecular flexibility index (Phi) is 4.46. The van der Waals surface area contributed by atoms with Crippen LogP contribution in [-0.4, -0.2) is 50.3 Å². The predicted molar refractivity (Wildman–Crippen MR) is 55.5 cm³/mol. The first-order chi connectivity index (χ1) is 5.92. The number of nitrogens with one attached hydrogen (secondary N) is 1. The minimum absolute atomic E-state index is 0. The van der Waals surface area contributed by atoms with Crippen LogP contribution in [0.1, 0.15) is 12.8 Å². The number of rotatable bonds is 3. The molecule has 2 bridgehead atoms. The van der Waals surface area contributed by atoms with Crippen molar-refractivity contribution >= 4 is 12.4 Å². The second-order valence-electron chi connectivity index (χ2n) is 3.77. The van der Waals surface area contributed by atoms with Crippen LogP contribution in [0.3, 0.4) is 0 Å². The van der Waals surface area contributed by atoms with Gasteiger partial charge in [-0.05, 0) is 12.8 Å². The molecule has 2 aliphatic heterocycles. The number of hydrogen-bond donors (Lipinski definition) is 1. The van der Waals surface area contributed by atoms with Crippen LogP contribution in [0.5, 0.6) is 0 Å². The molecule has 4 heteroatoms. The fraction of sp³-hybridized carbons (Fsp3) is 1.00. The summed E-state index contributed by atoms with van der Waals surface area (Å²) in [4.78, 5) is 2.61. The maximum absolute atomic E-state index is 5.11. The van der Waals surface area contributed by atoms with Gasteiger partial charge in [0.25, 0.3) is 0 Å². The molecule has 0 saturated carbocycles. The van der Waals surface area contributed by atoms with Crippen LogP contribution in [0.4, 0.5) is 0 Å². The van der Waals surface area contributed by atoms with Gasteiger partial charge in [-0.25, -0.2) is 0 Å². The summed E-state index contributed by atoms with van der Waals surface area (Å²) in [7, 11) is 1.78. The standard InChI is InChI=1S/C9H18N2O.ClH/c1-12-5-4-11-8-2-3-9(11)7-10-6-8;/h8-10H,2-7H2,1H3;1H. The number of piperazine rings is 1. The Balaban J connectivity index is 0.000000845. The SMILES string of the molecule is COCCN1C2CCC1CNC2.Cl. The van der Waals surface area contributed by atoms with Crippen molar-refractivity contribution in [1.29, 1.82) is 0 Å². The van der Waals surface area contributed by atoms with Crippen LogP contribution in [0.15, 0.2) is 0 Å². The fourth-order valence-corrected chi connectivity index (χ4v) is 2.43. The first kappa shape index (κ1) is 11.2. The maximum Gasteiger partial charge on any atom is 0.0589 e. The summed E-state index contributed by atoms with van der Waals surface area (Å²) in [6, 6.07) is 1.58. The van der Waals surface area contributed by atoms with Gasteiger partial charge in [-0.2, -0.15) is 0 Å². The molecule has 2 aliphatic rings. The van der Waals surface area contributed by atoms with Crippen LogP contribution < -0.4 is 5.32 Å². The summed E-state index contributed by atoms with van der Waals surface area (Å²) < 4.78 is 5.11. The molecule has 2 fully saturated rings. The molecule has 1 N–H and O–H groups in total. The molecule has 2 heterocycles. The summed E-state index contributed by atoms with van der Waals surface area (Å²) in [5, 5.41) is 3.47. The van der Waals surface area contributed by atoms with Crippen LogP contribution in [-0.2, 0) is 4.74 Å². The lowest BCUT2D eigenvalue weighted by Gasteiger charge is -2.34. The number of methoxy groups -OCH3 is 1. The molecule has 2 atom stereocenters. The van der Waals surface area contributed by atoms with E-state index in [2.05, 4.69) is 10.2 Å². The fourth-order valence-electron chi connectivity index (χ4n) is 2.43. The Morgan fingerprint density at radius 1 is 1.31 bits per heavy atom. The Labute approximate surface area is 86.2 Å². The Morgan fingerprint density at radius 2 is 1.92 bits per heavy atom. The minimum Gasteiger partial charge on any atom is -0.383 e. The number of hydrogen-bond acceptors (Lipinski definition) is 3. The Morgan fingerprint density at radius 3 is 2.46 bits per heavy atom. The van der Waals surface area contributed by atoms with Crippen molar-refractivity contribution in [3.63, 3.8) is 0 Å². The van der Waals surface area contributed by atoms with E-state index in [1.165, 1.54) is 25.9 Å². The zero-order valence-corrected chi connectivity index (χ0v) is 8.98. The van der Waals surface area contributed by atoms with Gasteiger partial charge in [0.15, 0.2) is 0 Å². The minimum atomic E-state index is 0. The summed E-state index contributed by atoms with van der Waals surface area (Å²) in [6.45, 7) is 4.36. The number of nitrogens with zero attached hydrogens (tertiary/aromatic N) is 1. The quantitative estimate of drug-likeness (QED) is 0.728. The van der Waals surface area contributed by atoms with Gasteiger partial charge in [-0.1, -0.05) is 0 Å². The van der Waals surface area contributed by atoms with Crippen LogP contribution in [0.2, 0.25) is 0 Å². The highest BCUT2D eigenvalue weighted by atomic mass is 35.5. The van der Waals surface area contributed by atoms with Crippen molar-refractivity contribution in [2.45, 2.75) is 24.9 Å². The van der Waals surface area contributed by atoms with Crippen molar-refractivity contribution in [3.05, 3.63) is 0 Å². The lowest BCUT2D eigenvalue weighted by molar-refractivity contribution is 0.0986. The molecular formula is C9H19ClN2O. The third-order valence-electron chi connectivity index (χ3n) is 3.08. The molecule has 3 nitrogen and oxygen atoms in total. The van der Waals surface area contributed by atoms with Gasteiger partial charge in [-0.15, -0.1) is 12.4 Å². The van der Waals surface area contributed by atoms with Crippen molar-refractivity contribution in [2.24, 2.45) is 0 Å². The summed E-state index contributed by atoms with van der Waals surface area (Å²) >= 11 is 0. The molecule has 2 saturated heterocycles. The van der Waals surface area contributed by atoms with E-state index in [1.54, 1.807) is 7.11 Å². The van der Waals surface area contributed by atoms with E-state index in [0.29, 0.717) is 0 Å². The second-order valence-corrected chi connectivity index (χ2v) is 3.77. The zero-order valence-electron chi connectivity index (χ0n) is 8.16. The topological polar surface area (TPSA) is 24.5 Å². The number of fused-ring (bicyclic) bond motifs is 2. The lowest BCUT2D eigenvalue weighted by Crippen LogP contribution is -2.52. The third kappa shape index (κ3) is 2.34. The third-order valence-corrected chi connectivity index (χ3v) is 3.08. The van der Waals surface area contributed by atoms with Crippen molar-refractivity contribution < 1.29 is 4.74 Å². The molecule has 78 valence electrons. The molecule has 0 amide bonds. The van der Waals surface area contributed by atoms with Crippen molar-refractivity contribution in [3.8, 4) is 0 Å². The number of halogens is 1. The average molecular weight is 207 g/mol. The van der Waals surface area contributed by atoms with E-state index in [0.717, 1.165) is 25.2 Å². The molecule has 0 aromatic carbocycles. The van der Waals surface area contributed by atoms with E-state index >= 15 is 0 Å². The highest BCUT2D eigenvalue weighted by molar-refractivity contribution is 5.85. The smallest absolute Gasteiger partial charge is 0.0589 e. The van der Waals surface area contributed by atoms with E-state index in [9.17, 15) is 0 Å². The molecule has 13 heavy (non-hydrogen) atoms. The zero-order chi connectivity index (χ0) is 8.39. The van der Waals surface area contributed by atoms with Gasteiger partial charge < -0.3 is 10.1 Å². The second kappa shape index (κ2) is 5.15. The highest BCUT2D eigenvalue weighted by Gasteiger charge is 2.35. The molecule has 2 unspecified atom stereocenters. The van der Waals surface area contributed by atoms with Crippen LogP contribution in [0.25, 0.3) is 0 Å². The van der Waals surface area contributed by atoms with Gasteiger partial charge in [0.2, 0.25) is 0 Å². The molecule has 0 aromatic rings. The Hall–Kier alpha value is 0.170. The normalized spacial score (nSPS) is 33.0. The van der Waals surface area contributed by atoms with Crippen LogP contribution in [0, 0.1) is 0 Å². The van der Waals surface area contributed by atoms with Gasteiger partial charge in [0.05, 0.1) is 6.61 Å². The molecule has 2 rings (SSSR count). The van der Waals surface area contributed by atoms with E-state index in [-0.39, 0.29) is 12.4 Å². The summed E-state index contributed by atoms with van der Waals surface area (Å²) in [5.74, 6) is 0. The summed E-state index contributed by atoms with van der Waals surface area (Å²) in [6.07, 6.45) is 2.75. The maximum atomic E-state index is 5.11. The molecular weight excluding hydrogens is 188 g/mol. The largest absolute Gasteiger partial charge is 0.383 e. The summed E-state index contributed by atoms with van der Waals surface area (Å²) in [5.41, 5.74) is 0. The Bertz CT molecular complexity index is 141. The van der Waals surface area contributed by atoms with E-state index in [4.69, 9.17) is 4.74 Å². The predicted octanol–water partition coefficient (Wildman–Crippen LogP) is 0.491. The monoisotopic (exact) mass is 206 g/mol. The van der Waals surface area contributed by atoms with E-state index in [1.807, 2.05) is 0 Å². The lowest BCUT2D eigenvalue weighted by atomic mass is 10.2. The van der Waals surface area contributed by atoms with Gasteiger partial charge >= 0.3 is 0 Å². The van der Waals surface area contributed by atoms with Gasteiger partial charge in [-0.3, -0.25) is 4.90 Å². The molecule has 0 spiro atoms. The van der Waals surface area contributed by atoms with Gasteiger partial charge in [0.1, 0.15) is 0 Å². The van der Waals surface area contributed by atoms with Crippen molar-refractivity contribution in [2.75, 3.05) is 33.4 Å². The first-order valence-corrected chi connectivity index (χ1v) is 4.87. The first-order valence-electron chi connectivity index (χ1n) is 4.87.